The Morgan fingerprint density at radius 3 is 2.94 bits per heavy atom. The van der Waals surface area contributed by atoms with Gasteiger partial charge in [-0.15, -0.1) is 0 Å². The lowest BCUT2D eigenvalue weighted by molar-refractivity contribution is -0.165. The fraction of sp³-hybridized carbons (Fsp3) is 0.923. The first-order valence-electron chi connectivity index (χ1n) is 6.87. The highest BCUT2D eigenvalue weighted by atomic mass is 16.6. The van der Waals surface area contributed by atoms with Gasteiger partial charge in [0, 0.05) is 19.7 Å². The second kappa shape index (κ2) is 7.71. The fourth-order valence-corrected chi connectivity index (χ4v) is 2.09. The Hall–Kier alpha value is -0.650. The van der Waals surface area contributed by atoms with Crippen molar-refractivity contribution in [3.8, 4) is 0 Å². The lowest BCUT2D eigenvalue weighted by Gasteiger charge is -2.37. The number of rotatable bonds is 7. The van der Waals surface area contributed by atoms with Crippen molar-refractivity contribution >= 4 is 5.91 Å². The molecule has 1 fully saturated rings. The molecular weight excluding hydrogens is 232 g/mol. The van der Waals surface area contributed by atoms with Crippen LogP contribution in [0.15, 0.2) is 0 Å². The van der Waals surface area contributed by atoms with Crippen molar-refractivity contribution in [3.63, 3.8) is 0 Å². The van der Waals surface area contributed by atoms with E-state index >= 15 is 0 Å². The number of amides is 1. The van der Waals surface area contributed by atoms with E-state index in [1.165, 1.54) is 0 Å². The number of nitrogens with one attached hydrogen (secondary N) is 1. The van der Waals surface area contributed by atoms with Crippen LogP contribution in [0.1, 0.15) is 39.5 Å². The Labute approximate surface area is 109 Å². The van der Waals surface area contributed by atoms with Gasteiger partial charge < -0.3 is 20.5 Å². The lowest BCUT2D eigenvalue weighted by atomic mass is 9.96. The van der Waals surface area contributed by atoms with Crippen molar-refractivity contribution in [2.24, 2.45) is 5.73 Å². The number of ether oxygens (including phenoxy) is 2. The van der Waals surface area contributed by atoms with Crippen molar-refractivity contribution in [1.29, 1.82) is 0 Å². The number of nitrogens with two attached hydrogens (primary N) is 1. The number of hydrogen-bond acceptors (Lipinski definition) is 4. The SMILES string of the molecule is CCCCNC(=O)C(C)OC1(CN)CCCOC1. The van der Waals surface area contributed by atoms with Gasteiger partial charge in [-0.05, 0) is 26.2 Å². The number of hydrogen-bond donors (Lipinski definition) is 2. The molecule has 0 aromatic carbocycles. The van der Waals surface area contributed by atoms with Crippen molar-refractivity contribution in [3.05, 3.63) is 0 Å². The lowest BCUT2D eigenvalue weighted by Crippen LogP contribution is -2.52. The van der Waals surface area contributed by atoms with E-state index in [2.05, 4.69) is 12.2 Å². The Morgan fingerprint density at radius 1 is 1.61 bits per heavy atom. The van der Waals surface area contributed by atoms with Gasteiger partial charge in [-0.25, -0.2) is 0 Å². The van der Waals surface area contributed by atoms with Gasteiger partial charge in [-0.1, -0.05) is 13.3 Å². The van der Waals surface area contributed by atoms with Crippen LogP contribution in [-0.4, -0.2) is 43.9 Å². The summed E-state index contributed by atoms with van der Waals surface area (Å²) in [6, 6.07) is 0. The van der Waals surface area contributed by atoms with Gasteiger partial charge in [0.1, 0.15) is 11.7 Å². The van der Waals surface area contributed by atoms with Crippen molar-refractivity contribution in [2.75, 3.05) is 26.3 Å². The van der Waals surface area contributed by atoms with Crippen LogP contribution in [0.5, 0.6) is 0 Å². The molecule has 2 atom stereocenters. The van der Waals surface area contributed by atoms with Crippen molar-refractivity contribution < 1.29 is 14.3 Å². The molecule has 0 aromatic rings. The van der Waals surface area contributed by atoms with Gasteiger partial charge in [-0.2, -0.15) is 0 Å². The molecule has 1 heterocycles. The van der Waals surface area contributed by atoms with Crippen LogP contribution in [0.25, 0.3) is 0 Å². The first-order valence-corrected chi connectivity index (χ1v) is 6.87. The van der Waals surface area contributed by atoms with Crippen LogP contribution in [0.3, 0.4) is 0 Å². The van der Waals surface area contributed by atoms with E-state index in [0.717, 1.165) is 32.3 Å². The summed E-state index contributed by atoms with van der Waals surface area (Å²) < 4.78 is 11.3. The highest BCUT2D eigenvalue weighted by Gasteiger charge is 2.35. The third-order valence-corrected chi connectivity index (χ3v) is 3.28. The van der Waals surface area contributed by atoms with Gasteiger partial charge >= 0.3 is 0 Å². The Bertz CT molecular complexity index is 253. The largest absolute Gasteiger partial charge is 0.378 e. The van der Waals surface area contributed by atoms with Crippen LogP contribution in [0, 0.1) is 0 Å². The molecule has 0 spiro atoms. The van der Waals surface area contributed by atoms with E-state index in [1.54, 1.807) is 6.92 Å². The minimum atomic E-state index is -0.486. The van der Waals surface area contributed by atoms with Gasteiger partial charge in [0.25, 0.3) is 0 Å². The molecule has 3 N–H and O–H groups in total. The molecule has 2 unspecified atom stereocenters. The molecule has 0 saturated carbocycles. The van der Waals surface area contributed by atoms with Crippen LogP contribution in [-0.2, 0) is 14.3 Å². The standard InChI is InChI=1S/C13H26N2O3/c1-3-4-7-15-12(16)11(2)18-13(9-14)6-5-8-17-10-13/h11H,3-10,14H2,1-2H3,(H,15,16). The smallest absolute Gasteiger partial charge is 0.248 e. The third-order valence-electron chi connectivity index (χ3n) is 3.28. The summed E-state index contributed by atoms with van der Waals surface area (Å²) in [7, 11) is 0. The zero-order valence-electron chi connectivity index (χ0n) is 11.5. The first kappa shape index (κ1) is 15.4. The minimum Gasteiger partial charge on any atom is -0.378 e. The number of carbonyl (C=O) groups excluding carboxylic acids is 1. The molecule has 5 heteroatoms. The Balaban J connectivity index is 2.40. The molecule has 0 radical (unpaired) electrons. The molecule has 1 aliphatic rings. The molecule has 0 aromatic heterocycles. The van der Waals surface area contributed by atoms with Crippen LogP contribution in [0.4, 0.5) is 0 Å². The number of carbonyl (C=O) groups is 1. The van der Waals surface area contributed by atoms with Gasteiger partial charge in [0.15, 0.2) is 0 Å². The van der Waals surface area contributed by atoms with Crippen LogP contribution >= 0.6 is 0 Å². The van der Waals surface area contributed by atoms with Crippen LogP contribution in [0.2, 0.25) is 0 Å². The monoisotopic (exact) mass is 258 g/mol. The summed E-state index contributed by atoms with van der Waals surface area (Å²) >= 11 is 0. The molecule has 5 nitrogen and oxygen atoms in total. The number of unbranched alkanes of at least 4 members (excludes halogenated alkanes) is 1. The quantitative estimate of drug-likeness (QED) is 0.663. The van der Waals surface area contributed by atoms with Crippen molar-refractivity contribution in [1.82, 2.24) is 5.32 Å². The second-order valence-electron chi connectivity index (χ2n) is 4.95. The molecule has 18 heavy (non-hydrogen) atoms. The topological polar surface area (TPSA) is 73.6 Å². The van der Waals surface area contributed by atoms with Gasteiger partial charge in [0.2, 0.25) is 5.91 Å². The Kier molecular flexibility index (Phi) is 6.60. The van der Waals surface area contributed by atoms with E-state index in [1.807, 2.05) is 0 Å². The highest BCUT2D eigenvalue weighted by molar-refractivity contribution is 5.80. The minimum absolute atomic E-state index is 0.0677. The summed E-state index contributed by atoms with van der Waals surface area (Å²) in [6.07, 6.45) is 3.36. The van der Waals surface area contributed by atoms with E-state index in [0.29, 0.717) is 19.7 Å². The molecule has 0 aliphatic carbocycles. The summed E-state index contributed by atoms with van der Waals surface area (Å²) in [4.78, 5) is 11.8. The zero-order chi connectivity index (χ0) is 13.4. The van der Waals surface area contributed by atoms with E-state index in [9.17, 15) is 4.79 Å². The van der Waals surface area contributed by atoms with E-state index < -0.39 is 11.7 Å². The summed E-state index contributed by atoms with van der Waals surface area (Å²) in [6.45, 7) is 6.19. The Morgan fingerprint density at radius 2 is 2.39 bits per heavy atom. The third kappa shape index (κ3) is 4.55. The summed E-state index contributed by atoms with van der Waals surface area (Å²) in [5.74, 6) is -0.0677. The zero-order valence-corrected chi connectivity index (χ0v) is 11.5. The van der Waals surface area contributed by atoms with Crippen molar-refractivity contribution in [2.45, 2.75) is 51.2 Å². The van der Waals surface area contributed by atoms with Crippen LogP contribution < -0.4 is 11.1 Å². The molecule has 1 rings (SSSR count). The molecule has 106 valence electrons. The molecular formula is C13H26N2O3. The fourth-order valence-electron chi connectivity index (χ4n) is 2.09. The predicted octanol–water partition coefficient (Wildman–Crippen LogP) is 0.816. The first-order chi connectivity index (χ1) is 8.63. The van der Waals surface area contributed by atoms with Gasteiger partial charge in [0.05, 0.1) is 6.61 Å². The highest BCUT2D eigenvalue weighted by Crippen LogP contribution is 2.24. The van der Waals surface area contributed by atoms with E-state index in [-0.39, 0.29) is 5.91 Å². The average Bonchev–Trinajstić information content (AvgIpc) is 2.40. The summed E-state index contributed by atoms with van der Waals surface area (Å²) in [5, 5.41) is 2.87. The molecule has 1 saturated heterocycles. The summed E-state index contributed by atoms with van der Waals surface area (Å²) in [5.41, 5.74) is 5.29. The molecule has 0 bridgehead atoms. The molecule has 1 aliphatic heterocycles. The van der Waals surface area contributed by atoms with E-state index in [4.69, 9.17) is 15.2 Å². The van der Waals surface area contributed by atoms with Gasteiger partial charge in [-0.3, -0.25) is 4.79 Å². The maximum Gasteiger partial charge on any atom is 0.248 e. The molecule has 1 amide bonds. The second-order valence-corrected chi connectivity index (χ2v) is 4.95. The maximum atomic E-state index is 11.8. The normalized spacial score (nSPS) is 25.7. The average molecular weight is 258 g/mol. The maximum absolute atomic E-state index is 11.8. The predicted molar refractivity (Wildman–Crippen MR) is 70.3 cm³/mol.